The minimum absolute atomic E-state index is 0.00525. The molecule has 6 aliphatic rings. The number of nitrogens with zero attached hydrogens (tertiary/aromatic N) is 8. The molecule has 0 unspecified atom stereocenters. The van der Waals surface area contributed by atoms with E-state index in [1.54, 1.807) is 48.5 Å². The molecule has 0 spiro atoms. The van der Waals surface area contributed by atoms with Crippen molar-refractivity contribution >= 4 is 39.3 Å². The third-order valence-corrected chi connectivity index (χ3v) is 15.7. The zero-order chi connectivity index (χ0) is 42.3. The molecule has 4 fully saturated rings. The second-order valence-electron chi connectivity index (χ2n) is 16.7. The smallest absolute Gasteiger partial charge is 0.280 e. The van der Waals surface area contributed by atoms with Crippen LogP contribution in [0.25, 0.3) is 10.4 Å². The Morgan fingerprint density at radius 2 is 1.34 bits per heavy atom. The maximum atomic E-state index is 15.3. The zero-order valence-electron chi connectivity index (χ0n) is 32.3. The highest BCUT2D eigenvalue weighted by Crippen LogP contribution is 2.73. The fourth-order valence-corrected chi connectivity index (χ4v) is 13.0. The molecule has 4 saturated heterocycles. The first-order valence-electron chi connectivity index (χ1n) is 19.3. The Bertz CT molecular complexity index is 2530. The molecule has 18 nitrogen and oxygen atoms in total. The van der Waals surface area contributed by atoms with Crippen LogP contribution in [0.3, 0.4) is 0 Å². The number of para-hydroxylation sites is 1. The van der Waals surface area contributed by atoms with Crippen LogP contribution in [-0.2, 0) is 46.5 Å². The molecule has 4 amide bonds. The van der Waals surface area contributed by atoms with Gasteiger partial charge in [0.25, 0.3) is 33.7 Å². The number of unbranched alkanes of at least 4 members (excludes halogenated alkanes) is 1. The van der Waals surface area contributed by atoms with Gasteiger partial charge in [0.15, 0.2) is 0 Å². The van der Waals surface area contributed by atoms with Gasteiger partial charge in [-0.3, -0.25) is 29.0 Å². The molecule has 5 aliphatic heterocycles. The third kappa shape index (κ3) is 4.49. The number of aliphatic hydroxyl groups is 4. The van der Waals surface area contributed by atoms with Crippen molar-refractivity contribution in [1.29, 1.82) is 0 Å². The van der Waals surface area contributed by atoms with Crippen molar-refractivity contribution in [2.75, 3.05) is 24.4 Å². The number of anilines is 1. The molecular formula is C40H42N8O10S. The Balaban J connectivity index is 1.36. The number of carbonyl (C=O) groups is 4. The van der Waals surface area contributed by atoms with Crippen molar-refractivity contribution in [2.24, 2.45) is 5.11 Å². The monoisotopic (exact) mass is 826 g/mol. The lowest BCUT2D eigenvalue weighted by Crippen LogP contribution is -2.77. The molecule has 19 heteroatoms. The van der Waals surface area contributed by atoms with Gasteiger partial charge in [0.2, 0.25) is 22.9 Å². The molecule has 8 atom stereocenters. The topological polar surface area (TPSA) is 248 Å². The summed E-state index contributed by atoms with van der Waals surface area (Å²) in [5, 5.41) is 53.1. The highest BCUT2D eigenvalue weighted by molar-refractivity contribution is 7.93. The van der Waals surface area contributed by atoms with E-state index >= 15 is 18.0 Å². The summed E-state index contributed by atoms with van der Waals surface area (Å²) in [6, 6.07) is 19.5. The van der Waals surface area contributed by atoms with Crippen LogP contribution in [0.2, 0.25) is 0 Å². The van der Waals surface area contributed by atoms with Crippen LogP contribution in [0.5, 0.6) is 0 Å². The van der Waals surface area contributed by atoms with E-state index in [0.717, 1.165) is 37.8 Å². The van der Waals surface area contributed by atoms with E-state index in [1.165, 1.54) is 37.4 Å². The lowest BCUT2D eigenvalue weighted by atomic mass is 9.53. The maximum Gasteiger partial charge on any atom is 0.280 e. The number of hydrogen-bond donors (Lipinski definition) is 4. The molecule has 59 heavy (non-hydrogen) atoms. The van der Waals surface area contributed by atoms with Gasteiger partial charge in [-0.25, -0.2) is 12.7 Å². The van der Waals surface area contributed by atoms with Gasteiger partial charge in [0.05, 0.1) is 22.0 Å². The van der Waals surface area contributed by atoms with Gasteiger partial charge in [-0.15, -0.1) is 0 Å². The van der Waals surface area contributed by atoms with E-state index in [4.69, 9.17) is 5.53 Å². The molecule has 0 aromatic heterocycles. The van der Waals surface area contributed by atoms with Crippen molar-refractivity contribution in [3.05, 3.63) is 106 Å². The first-order valence-corrected chi connectivity index (χ1v) is 20.7. The highest BCUT2D eigenvalue weighted by atomic mass is 32.2. The number of sulfonamides is 1. The van der Waals surface area contributed by atoms with Crippen molar-refractivity contribution in [3.63, 3.8) is 0 Å². The number of likely N-dealkylation sites (N-methyl/N-ethyl adjacent to an activating group) is 1. The molecule has 5 heterocycles. The fourth-order valence-electron chi connectivity index (χ4n) is 11.3. The zero-order valence-corrected chi connectivity index (χ0v) is 33.2. The average Bonchev–Trinajstić information content (AvgIpc) is 3.87. The second kappa shape index (κ2) is 12.2. The summed E-state index contributed by atoms with van der Waals surface area (Å²) in [6.07, 6.45) is -2.75. The first-order chi connectivity index (χ1) is 27.8. The predicted octanol–water partition coefficient (Wildman–Crippen LogP) is 0.986. The van der Waals surface area contributed by atoms with Gasteiger partial charge >= 0.3 is 0 Å². The van der Waals surface area contributed by atoms with Gasteiger partial charge in [-0.05, 0) is 73.5 Å². The number of amides is 4. The van der Waals surface area contributed by atoms with Crippen LogP contribution in [-0.4, -0.2) is 127 Å². The first kappa shape index (κ1) is 38.9. The molecule has 9 rings (SSSR count). The lowest BCUT2D eigenvalue weighted by molar-refractivity contribution is -0.227. The molecule has 3 aromatic rings. The number of azide groups is 1. The van der Waals surface area contributed by atoms with Crippen LogP contribution >= 0.6 is 0 Å². The Morgan fingerprint density at radius 3 is 2.03 bits per heavy atom. The van der Waals surface area contributed by atoms with Crippen LogP contribution in [0, 0.1) is 0 Å². The van der Waals surface area contributed by atoms with Gasteiger partial charge in [0.1, 0.15) is 6.17 Å². The molecule has 0 bridgehead atoms. The summed E-state index contributed by atoms with van der Waals surface area (Å²) in [5.41, 5.74) is -4.10. The van der Waals surface area contributed by atoms with E-state index in [1.807, 2.05) is 0 Å². The number of hydrogen-bond acceptors (Lipinski definition) is 11. The standard InChI is InChI=1S/C40H42N8O10S/c1-35(53)31(49)46-29-21-24-13-7-8-16-26(24)37(29,22-39(46,55)33(51)44(35)3)38-23-40(56)34(52)45(20-12-11-19-42-43-41)36(2,54)32(50)47(40)30(38)48(28-18-10-9-17-27(28)38)59(57,58)25-14-5-4-6-15-25/h4-10,13-18,29-30,53-56H,11-12,19-23H2,1-3H3/t29-,30-,35+,36+,37-,38-,39+,40+/m0/s1. The van der Waals surface area contributed by atoms with Crippen molar-refractivity contribution in [1.82, 2.24) is 19.6 Å². The SMILES string of the molecule is CN1C(=O)[C@]2(O)C[C@]3([C@]45C[C@@]6(O)C(=O)N(CCCCN=[N+]=[N-])[C@](C)(O)C(=O)N6[C@H]4N(S(=O)(=O)c4ccccc4)c4ccccc45)c4ccccc4C[C@@H]3N2C(=O)[C@@]1(C)O. The van der Waals surface area contributed by atoms with Gasteiger partial charge in [0, 0.05) is 43.3 Å². The van der Waals surface area contributed by atoms with Crippen LogP contribution < -0.4 is 4.31 Å². The van der Waals surface area contributed by atoms with E-state index in [0.29, 0.717) is 11.1 Å². The number of rotatable bonds is 8. The summed E-state index contributed by atoms with van der Waals surface area (Å²) in [6.45, 7) is 2.01. The summed E-state index contributed by atoms with van der Waals surface area (Å²) >= 11 is 0. The van der Waals surface area contributed by atoms with Gasteiger partial charge < -0.3 is 30.2 Å². The molecule has 0 radical (unpaired) electrons. The Labute approximate surface area is 338 Å². The normalized spacial score (nSPS) is 35.6. The number of piperazine rings is 2. The molecule has 1 aliphatic carbocycles. The molecule has 4 N–H and O–H groups in total. The molecular weight excluding hydrogens is 785 g/mol. The minimum Gasteiger partial charge on any atom is -0.363 e. The molecule has 3 aromatic carbocycles. The predicted molar refractivity (Wildman–Crippen MR) is 205 cm³/mol. The van der Waals surface area contributed by atoms with Crippen LogP contribution in [0.1, 0.15) is 56.2 Å². The van der Waals surface area contributed by atoms with Crippen LogP contribution in [0.15, 0.2) is 88.9 Å². The summed E-state index contributed by atoms with van der Waals surface area (Å²) in [7, 11) is -3.56. The van der Waals surface area contributed by atoms with E-state index in [9.17, 15) is 30.0 Å². The number of carbonyl (C=O) groups excluding carboxylic acids is 4. The third-order valence-electron chi connectivity index (χ3n) is 13.9. The number of benzene rings is 3. The van der Waals surface area contributed by atoms with E-state index < -0.39 is 92.4 Å². The van der Waals surface area contributed by atoms with Crippen molar-refractivity contribution < 1.29 is 48.0 Å². The Hall–Kier alpha value is -5.56. The van der Waals surface area contributed by atoms with Crippen molar-refractivity contribution in [2.45, 2.75) is 96.8 Å². The quantitative estimate of drug-likeness (QED) is 0.109. The largest absolute Gasteiger partial charge is 0.363 e. The van der Waals surface area contributed by atoms with Crippen LogP contribution in [0.4, 0.5) is 5.69 Å². The summed E-state index contributed by atoms with van der Waals surface area (Å²) in [4.78, 5) is 65.1. The maximum absolute atomic E-state index is 15.3. The average molecular weight is 827 g/mol. The molecule has 308 valence electrons. The Kier molecular flexibility index (Phi) is 8.08. The van der Waals surface area contributed by atoms with Gasteiger partial charge in [-0.1, -0.05) is 65.8 Å². The molecule has 0 saturated carbocycles. The van der Waals surface area contributed by atoms with E-state index in [-0.39, 0.29) is 48.5 Å². The minimum atomic E-state index is -4.74. The Morgan fingerprint density at radius 1 is 0.746 bits per heavy atom. The van der Waals surface area contributed by atoms with E-state index in [2.05, 4.69) is 10.0 Å². The number of fused-ring (bicyclic) bond motifs is 11. The summed E-state index contributed by atoms with van der Waals surface area (Å²) < 4.78 is 31.6. The second-order valence-corrected chi connectivity index (χ2v) is 18.5. The summed E-state index contributed by atoms with van der Waals surface area (Å²) in [5.74, 6) is -4.34. The lowest BCUT2D eigenvalue weighted by Gasteiger charge is -2.52. The van der Waals surface area contributed by atoms with Crippen molar-refractivity contribution in [3.8, 4) is 0 Å². The van der Waals surface area contributed by atoms with Gasteiger partial charge in [-0.2, -0.15) is 0 Å². The highest BCUT2D eigenvalue weighted by Gasteiger charge is 2.86. The fraction of sp³-hybridized carbons (Fsp3) is 0.450.